The van der Waals surface area contributed by atoms with Gasteiger partial charge in [0.2, 0.25) is 5.88 Å². The number of rotatable bonds is 5. The topological polar surface area (TPSA) is 70.3 Å². The predicted molar refractivity (Wildman–Crippen MR) is 72.3 cm³/mol. The molecule has 0 bridgehead atoms. The Morgan fingerprint density at radius 2 is 2.05 bits per heavy atom. The second-order valence-electron chi connectivity index (χ2n) is 4.09. The zero-order valence-corrected chi connectivity index (χ0v) is 11.1. The van der Waals surface area contributed by atoms with Gasteiger partial charge in [-0.2, -0.15) is 5.10 Å². The van der Waals surface area contributed by atoms with Crippen molar-refractivity contribution in [2.24, 2.45) is 5.73 Å². The molecule has 2 aromatic rings. The molecule has 0 saturated heterocycles. The van der Waals surface area contributed by atoms with Gasteiger partial charge in [-0.15, -0.1) is 5.10 Å². The molecule has 0 aliphatic rings. The highest BCUT2D eigenvalue weighted by molar-refractivity contribution is 5.44. The van der Waals surface area contributed by atoms with E-state index in [1.165, 1.54) is 0 Å². The van der Waals surface area contributed by atoms with E-state index in [1.807, 2.05) is 38.1 Å². The van der Waals surface area contributed by atoms with Gasteiger partial charge in [0, 0.05) is 12.6 Å². The summed E-state index contributed by atoms with van der Waals surface area (Å²) < 4.78 is 11.3. The molecular weight excluding hydrogens is 242 g/mol. The molecule has 1 heterocycles. The average molecular weight is 259 g/mol. The molecule has 0 unspecified atom stereocenters. The number of benzene rings is 1. The van der Waals surface area contributed by atoms with Crippen LogP contribution in [0.1, 0.15) is 18.1 Å². The van der Waals surface area contributed by atoms with E-state index in [0.717, 1.165) is 11.1 Å². The highest BCUT2D eigenvalue weighted by Crippen LogP contribution is 2.31. The Morgan fingerprint density at radius 3 is 2.74 bits per heavy atom. The number of aryl methyl sites for hydroxylation is 1. The van der Waals surface area contributed by atoms with Gasteiger partial charge in [0.1, 0.15) is 0 Å². The highest BCUT2D eigenvalue weighted by Gasteiger charge is 2.08. The van der Waals surface area contributed by atoms with E-state index >= 15 is 0 Å². The molecule has 5 nitrogen and oxygen atoms in total. The van der Waals surface area contributed by atoms with Crippen LogP contribution in [0, 0.1) is 6.92 Å². The second kappa shape index (κ2) is 6.15. The second-order valence-corrected chi connectivity index (χ2v) is 4.09. The summed E-state index contributed by atoms with van der Waals surface area (Å²) in [7, 11) is 0. The fraction of sp³-hybridized carbons (Fsp3) is 0.286. The molecule has 0 radical (unpaired) electrons. The van der Waals surface area contributed by atoms with Crippen molar-refractivity contribution in [3.63, 3.8) is 0 Å². The minimum atomic E-state index is 0.446. The summed E-state index contributed by atoms with van der Waals surface area (Å²) in [6.07, 6.45) is 1.67. The Morgan fingerprint density at radius 1 is 1.21 bits per heavy atom. The van der Waals surface area contributed by atoms with E-state index in [2.05, 4.69) is 10.2 Å². The maximum absolute atomic E-state index is 5.70. The minimum absolute atomic E-state index is 0.446. The molecule has 0 amide bonds. The Hall–Kier alpha value is -2.14. The van der Waals surface area contributed by atoms with Crippen molar-refractivity contribution >= 4 is 0 Å². The lowest BCUT2D eigenvalue weighted by atomic mass is 10.2. The van der Waals surface area contributed by atoms with E-state index in [-0.39, 0.29) is 0 Å². The van der Waals surface area contributed by atoms with Crippen LogP contribution >= 0.6 is 0 Å². The minimum Gasteiger partial charge on any atom is -0.490 e. The maximum atomic E-state index is 5.70. The summed E-state index contributed by atoms with van der Waals surface area (Å²) >= 11 is 0. The third-order valence-corrected chi connectivity index (χ3v) is 2.53. The number of hydrogen-bond acceptors (Lipinski definition) is 5. The molecular formula is C14H17N3O2. The number of nitrogens with two attached hydrogens (primary N) is 1. The molecule has 5 heteroatoms. The first-order valence-electron chi connectivity index (χ1n) is 6.16. The Kier molecular flexibility index (Phi) is 4.30. The van der Waals surface area contributed by atoms with Crippen LogP contribution in [0.3, 0.4) is 0 Å². The summed E-state index contributed by atoms with van der Waals surface area (Å²) in [4.78, 5) is 0. The first-order valence-corrected chi connectivity index (χ1v) is 6.16. The molecule has 100 valence electrons. The van der Waals surface area contributed by atoms with E-state index in [4.69, 9.17) is 15.2 Å². The van der Waals surface area contributed by atoms with Crippen LogP contribution in [-0.2, 0) is 6.54 Å². The zero-order chi connectivity index (χ0) is 13.7. The fourth-order valence-electron chi connectivity index (χ4n) is 1.63. The van der Waals surface area contributed by atoms with Crippen molar-refractivity contribution in [1.82, 2.24) is 10.2 Å². The third-order valence-electron chi connectivity index (χ3n) is 2.53. The molecule has 2 N–H and O–H groups in total. The van der Waals surface area contributed by atoms with Crippen molar-refractivity contribution < 1.29 is 9.47 Å². The Balaban J connectivity index is 2.28. The molecule has 0 atom stereocenters. The third kappa shape index (κ3) is 3.42. The fourth-order valence-corrected chi connectivity index (χ4v) is 1.63. The number of nitrogens with zero attached hydrogens (tertiary/aromatic N) is 2. The summed E-state index contributed by atoms with van der Waals surface area (Å²) in [5, 5.41) is 7.78. The van der Waals surface area contributed by atoms with E-state index < -0.39 is 0 Å². The van der Waals surface area contributed by atoms with Crippen LogP contribution < -0.4 is 15.2 Å². The first kappa shape index (κ1) is 13.3. The van der Waals surface area contributed by atoms with E-state index in [1.54, 1.807) is 6.20 Å². The summed E-state index contributed by atoms with van der Waals surface area (Å²) in [5.74, 6) is 1.72. The molecule has 0 fully saturated rings. The molecule has 0 saturated carbocycles. The van der Waals surface area contributed by atoms with Crippen LogP contribution in [0.2, 0.25) is 0 Å². The van der Waals surface area contributed by atoms with Gasteiger partial charge in [-0.1, -0.05) is 6.07 Å². The standard InChI is InChI=1S/C14H17N3O2/c1-3-18-13-7-11(8-15)4-5-12(13)19-14-6-10(2)9-16-17-14/h4-7,9H,3,8,15H2,1-2H3. The SMILES string of the molecule is CCOc1cc(CN)ccc1Oc1cc(C)cnn1. The Labute approximate surface area is 112 Å². The van der Waals surface area contributed by atoms with Crippen LogP contribution in [0.5, 0.6) is 17.4 Å². The van der Waals surface area contributed by atoms with Crippen molar-refractivity contribution in [3.05, 3.63) is 41.6 Å². The van der Waals surface area contributed by atoms with Gasteiger partial charge >= 0.3 is 0 Å². The van der Waals surface area contributed by atoms with E-state index in [9.17, 15) is 0 Å². The lowest BCUT2D eigenvalue weighted by Gasteiger charge is -2.12. The van der Waals surface area contributed by atoms with Gasteiger partial charge in [-0.05, 0) is 37.1 Å². The van der Waals surface area contributed by atoms with Gasteiger partial charge in [0.05, 0.1) is 12.8 Å². The van der Waals surface area contributed by atoms with Gasteiger partial charge in [0.15, 0.2) is 11.5 Å². The van der Waals surface area contributed by atoms with Crippen molar-refractivity contribution in [3.8, 4) is 17.4 Å². The summed E-state index contributed by atoms with van der Waals surface area (Å²) in [6.45, 7) is 4.88. The monoisotopic (exact) mass is 259 g/mol. The Bertz CT molecular complexity index is 558. The zero-order valence-electron chi connectivity index (χ0n) is 11.1. The summed E-state index contributed by atoms with van der Waals surface area (Å²) in [5.41, 5.74) is 7.60. The van der Waals surface area contributed by atoms with Gasteiger partial charge in [0.25, 0.3) is 0 Å². The average Bonchev–Trinajstić information content (AvgIpc) is 2.41. The predicted octanol–water partition coefficient (Wildman–Crippen LogP) is 2.43. The van der Waals surface area contributed by atoms with Crippen LogP contribution in [-0.4, -0.2) is 16.8 Å². The maximum Gasteiger partial charge on any atom is 0.239 e. The highest BCUT2D eigenvalue weighted by atomic mass is 16.5. The van der Waals surface area contributed by atoms with Crippen LogP contribution in [0.25, 0.3) is 0 Å². The normalized spacial score (nSPS) is 10.3. The smallest absolute Gasteiger partial charge is 0.239 e. The molecule has 0 aliphatic heterocycles. The molecule has 2 rings (SSSR count). The molecule has 19 heavy (non-hydrogen) atoms. The molecule has 1 aromatic carbocycles. The van der Waals surface area contributed by atoms with Gasteiger partial charge < -0.3 is 15.2 Å². The molecule has 1 aromatic heterocycles. The quantitative estimate of drug-likeness (QED) is 0.893. The number of aromatic nitrogens is 2. The summed E-state index contributed by atoms with van der Waals surface area (Å²) in [6, 6.07) is 7.43. The van der Waals surface area contributed by atoms with Crippen molar-refractivity contribution in [2.75, 3.05) is 6.61 Å². The van der Waals surface area contributed by atoms with Crippen molar-refractivity contribution in [2.45, 2.75) is 20.4 Å². The molecule has 0 aliphatic carbocycles. The molecule has 0 spiro atoms. The largest absolute Gasteiger partial charge is 0.490 e. The number of ether oxygens (including phenoxy) is 2. The van der Waals surface area contributed by atoms with Gasteiger partial charge in [-0.3, -0.25) is 0 Å². The van der Waals surface area contributed by atoms with Crippen molar-refractivity contribution in [1.29, 1.82) is 0 Å². The van der Waals surface area contributed by atoms with Crippen LogP contribution in [0.4, 0.5) is 0 Å². The lowest BCUT2D eigenvalue weighted by Crippen LogP contribution is -2.00. The first-order chi connectivity index (χ1) is 9.22. The van der Waals surface area contributed by atoms with Crippen LogP contribution in [0.15, 0.2) is 30.5 Å². The van der Waals surface area contributed by atoms with Gasteiger partial charge in [-0.25, -0.2) is 0 Å². The number of hydrogen-bond donors (Lipinski definition) is 1. The van der Waals surface area contributed by atoms with E-state index in [0.29, 0.717) is 30.5 Å². The lowest BCUT2D eigenvalue weighted by molar-refractivity contribution is 0.318.